The fourth-order valence-electron chi connectivity index (χ4n) is 2.67. The molecule has 4 rings (SSSR count). The number of rotatable bonds is 6. The second kappa shape index (κ2) is 6.81. The molecular formula is C17H17N7O2. The summed E-state index contributed by atoms with van der Waals surface area (Å²) in [6, 6.07) is 9.60. The number of pyridine rings is 1. The van der Waals surface area contributed by atoms with E-state index in [2.05, 4.69) is 25.6 Å². The predicted molar refractivity (Wildman–Crippen MR) is 96.0 cm³/mol. The van der Waals surface area contributed by atoms with Gasteiger partial charge in [-0.1, -0.05) is 0 Å². The Bertz CT molecular complexity index is 1020. The van der Waals surface area contributed by atoms with E-state index in [-0.39, 0.29) is 5.82 Å². The Morgan fingerprint density at radius 2 is 2.04 bits per heavy atom. The number of likely N-dealkylation sites (N-methyl/N-ethyl adjacent to an activating group) is 1. The summed E-state index contributed by atoms with van der Waals surface area (Å²) < 4.78 is 12.3. The number of fused-ring (bicyclic) bond motifs is 1. The van der Waals surface area contributed by atoms with Gasteiger partial charge >= 0.3 is 0 Å². The van der Waals surface area contributed by atoms with Crippen LogP contribution in [0.15, 0.2) is 47.4 Å². The summed E-state index contributed by atoms with van der Waals surface area (Å²) in [6.45, 7) is 1.38. The monoisotopic (exact) mass is 351 g/mol. The van der Waals surface area contributed by atoms with Crippen LogP contribution >= 0.6 is 0 Å². The van der Waals surface area contributed by atoms with Gasteiger partial charge in [-0.25, -0.2) is 9.61 Å². The van der Waals surface area contributed by atoms with Crippen LogP contribution in [0.4, 0.5) is 5.82 Å². The van der Waals surface area contributed by atoms with Crippen molar-refractivity contribution in [2.75, 3.05) is 25.9 Å². The van der Waals surface area contributed by atoms with Crippen molar-refractivity contribution in [1.82, 2.24) is 30.2 Å². The molecule has 0 radical (unpaired) electrons. The first-order valence-corrected chi connectivity index (χ1v) is 8.06. The Morgan fingerprint density at radius 1 is 1.19 bits per heavy atom. The lowest BCUT2D eigenvalue weighted by Crippen LogP contribution is -2.15. The molecule has 0 fully saturated rings. The zero-order valence-corrected chi connectivity index (χ0v) is 14.1. The molecule has 26 heavy (non-hydrogen) atoms. The van der Waals surface area contributed by atoms with E-state index in [1.165, 1.54) is 0 Å². The molecule has 0 aliphatic heterocycles. The predicted octanol–water partition coefficient (Wildman–Crippen LogP) is 1.65. The third-order valence-corrected chi connectivity index (χ3v) is 3.90. The van der Waals surface area contributed by atoms with Gasteiger partial charge in [-0.2, -0.15) is 0 Å². The van der Waals surface area contributed by atoms with E-state index < -0.39 is 0 Å². The van der Waals surface area contributed by atoms with Crippen molar-refractivity contribution < 1.29 is 9.37 Å². The molecule has 0 bridgehead atoms. The molecule has 0 saturated carbocycles. The molecule has 132 valence electrons. The number of nitrogens with one attached hydrogen (secondary N) is 1. The number of nitrogen functional groups attached to an aromatic ring is 1. The Balaban J connectivity index is 1.79. The molecule has 0 unspecified atom stereocenters. The third-order valence-electron chi connectivity index (χ3n) is 3.90. The first-order chi connectivity index (χ1) is 12.8. The minimum atomic E-state index is 0.182. The minimum Gasteiger partial charge on any atom is -0.492 e. The molecule has 1 aromatic carbocycles. The Labute approximate surface area is 148 Å². The van der Waals surface area contributed by atoms with Crippen LogP contribution in [-0.4, -0.2) is 45.0 Å². The molecule has 9 heteroatoms. The van der Waals surface area contributed by atoms with Crippen molar-refractivity contribution in [3.8, 4) is 23.0 Å². The first-order valence-electron chi connectivity index (χ1n) is 8.06. The molecule has 0 atom stereocenters. The van der Waals surface area contributed by atoms with E-state index >= 15 is 0 Å². The number of nitrogens with zero attached hydrogens (tertiary/aromatic N) is 5. The number of hydrogen-bond acceptors (Lipinski definition) is 8. The van der Waals surface area contributed by atoms with Gasteiger partial charge in [-0.3, -0.25) is 9.55 Å². The summed E-state index contributed by atoms with van der Waals surface area (Å²) in [6.07, 6.45) is 3.40. The van der Waals surface area contributed by atoms with Crippen LogP contribution in [0.3, 0.4) is 0 Å². The average Bonchev–Trinajstić information content (AvgIpc) is 3.25. The van der Waals surface area contributed by atoms with Crippen molar-refractivity contribution in [3.63, 3.8) is 0 Å². The lowest BCUT2D eigenvalue weighted by atomic mass is 10.2. The SMILES string of the molecule is CNCCOc1ccc(-n2c(-c3nonc3N)nc3cnccc32)cc1. The highest BCUT2D eigenvalue weighted by Crippen LogP contribution is 2.30. The summed E-state index contributed by atoms with van der Waals surface area (Å²) in [5, 5.41) is 10.6. The minimum absolute atomic E-state index is 0.182. The summed E-state index contributed by atoms with van der Waals surface area (Å²) in [7, 11) is 1.89. The number of benzene rings is 1. The van der Waals surface area contributed by atoms with Crippen LogP contribution in [0.5, 0.6) is 5.75 Å². The average molecular weight is 351 g/mol. The summed E-state index contributed by atoms with van der Waals surface area (Å²) in [5.74, 6) is 1.51. The van der Waals surface area contributed by atoms with Crippen LogP contribution in [-0.2, 0) is 0 Å². The second-order valence-corrected chi connectivity index (χ2v) is 5.58. The van der Waals surface area contributed by atoms with Crippen LogP contribution < -0.4 is 15.8 Å². The van der Waals surface area contributed by atoms with Gasteiger partial charge in [0.1, 0.15) is 17.9 Å². The Morgan fingerprint density at radius 3 is 2.77 bits per heavy atom. The summed E-state index contributed by atoms with van der Waals surface area (Å²) in [5.41, 5.74) is 8.74. The highest BCUT2D eigenvalue weighted by molar-refractivity contribution is 5.83. The van der Waals surface area contributed by atoms with Gasteiger partial charge in [-0.05, 0) is 47.7 Å². The molecule has 0 aliphatic carbocycles. The molecule has 0 saturated heterocycles. The summed E-state index contributed by atoms with van der Waals surface area (Å²) >= 11 is 0. The van der Waals surface area contributed by atoms with Gasteiger partial charge in [-0.15, -0.1) is 0 Å². The van der Waals surface area contributed by atoms with Gasteiger partial charge in [0.05, 0.1) is 11.7 Å². The van der Waals surface area contributed by atoms with Crippen molar-refractivity contribution in [3.05, 3.63) is 42.7 Å². The van der Waals surface area contributed by atoms with E-state index in [9.17, 15) is 0 Å². The first kappa shape index (κ1) is 16.0. The number of imidazole rings is 1. The van der Waals surface area contributed by atoms with Crippen LogP contribution in [0.25, 0.3) is 28.2 Å². The maximum Gasteiger partial charge on any atom is 0.199 e. The topological polar surface area (TPSA) is 117 Å². The molecule has 4 aromatic rings. The number of anilines is 1. The van der Waals surface area contributed by atoms with Gasteiger partial charge < -0.3 is 15.8 Å². The molecule has 0 aliphatic rings. The van der Waals surface area contributed by atoms with Gasteiger partial charge in [0, 0.05) is 18.4 Å². The standard InChI is InChI=1S/C17H17N7O2/c1-19-8-9-25-12-4-2-11(3-5-12)24-14-6-7-20-10-13(14)21-17(24)15-16(18)23-26-22-15/h2-7,10,19H,8-9H2,1H3,(H2,18,23). The van der Waals surface area contributed by atoms with Crippen molar-refractivity contribution in [1.29, 1.82) is 0 Å². The fraction of sp³-hybridized carbons (Fsp3) is 0.176. The van der Waals surface area contributed by atoms with E-state index in [1.807, 2.05) is 41.9 Å². The number of ether oxygens (including phenoxy) is 1. The largest absolute Gasteiger partial charge is 0.492 e. The quantitative estimate of drug-likeness (QED) is 0.504. The highest BCUT2D eigenvalue weighted by Gasteiger charge is 2.20. The highest BCUT2D eigenvalue weighted by atomic mass is 16.6. The van der Waals surface area contributed by atoms with Gasteiger partial charge in [0.2, 0.25) is 0 Å². The normalized spacial score (nSPS) is 11.1. The van der Waals surface area contributed by atoms with E-state index in [1.54, 1.807) is 12.4 Å². The van der Waals surface area contributed by atoms with Gasteiger partial charge in [0.25, 0.3) is 0 Å². The molecule has 0 spiro atoms. The number of hydrogen-bond donors (Lipinski definition) is 2. The zero-order chi connectivity index (χ0) is 17.9. The lowest BCUT2D eigenvalue weighted by Gasteiger charge is -2.10. The fourth-order valence-corrected chi connectivity index (χ4v) is 2.67. The Hall–Kier alpha value is -3.46. The maximum atomic E-state index is 5.87. The van der Waals surface area contributed by atoms with Crippen molar-refractivity contribution in [2.45, 2.75) is 0 Å². The molecular weight excluding hydrogens is 334 g/mol. The Kier molecular flexibility index (Phi) is 4.20. The smallest absolute Gasteiger partial charge is 0.199 e. The molecule has 3 heterocycles. The van der Waals surface area contributed by atoms with Crippen LogP contribution in [0.1, 0.15) is 0 Å². The maximum absolute atomic E-state index is 5.87. The number of nitrogens with two attached hydrogens (primary N) is 1. The molecule has 9 nitrogen and oxygen atoms in total. The van der Waals surface area contributed by atoms with E-state index in [4.69, 9.17) is 15.1 Å². The summed E-state index contributed by atoms with van der Waals surface area (Å²) in [4.78, 5) is 8.72. The van der Waals surface area contributed by atoms with E-state index in [0.717, 1.165) is 29.0 Å². The molecule has 3 N–H and O–H groups in total. The van der Waals surface area contributed by atoms with Crippen LogP contribution in [0.2, 0.25) is 0 Å². The van der Waals surface area contributed by atoms with Crippen molar-refractivity contribution in [2.24, 2.45) is 0 Å². The van der Waals surface area contributed by atoms with E-state index in [0.29, 0.717) is 18.1 Å². The third kappa shape index (κ3) is 2.84. The second-order valence-electron chi connectivity index (χ2n) is 5.58. The molecule has 0 amide bonds. The molecule has 3 aromatic heterocycles. The van der Waals surface area contributed by atoms with Crippen LogP contribution in [0, 0.1) is 0 Å². The van der Waals surface area contributed by atoms with Gasteiger partial charge in [0.15, 0.2) is 17.3 Å². The van der Waals surface area contributed by atoms with Crippen molar-refractivity contribution >= 4 is 16.9 Å². The number of aromatic nitrogens is 5. The zero-order valence-electron chi connectivity index (χ0n) is 14.1. The lowest BCUT2D eigenvalue weighted by molar-refractivity contribution is 0.310.